The third kappa shape index (κ3) is 3.14. The van der Waals surface area contributed by atoms with Gasteiger partial charge in [-0.25, -0.2) is 0 Å². The first-order valence-electron chi connectivity index (χ1n) is 7.19. The van der Waals surface area contributed by atoms with Crippen molar-refractivity contribution in [2.45, 2.75) is 65.3 Å². The summed E-state index contributed by atoms with van der Waals surface area (Å²) in [6, 6.07) is 0.512. The van der Waals surface area contributed by atoms with Crippen molar-refractivity contribution < 1.29 is 9.84 Å². The third-order valence-corrected chi connectivity index (χ3v) is 4.70. The topological polar surface area (TPSA) is 44.8 Å². The van der Waals surface area contributed by atoms with Gasteiger partial charge in [0.1, 0.15) is 12.3 Å². The van der Waals surface area contributed by atoms with Gasteiger partial charge in [0.25, 0.3) is 0 Å². The van der Waals surface area contributed by atoms with E-state index in [0.717, 1.165) is 6.42 Å². The predicted molar refractivity (Wildman–Crippen MR) is 73.2 cm³/mol. The number of hydrogen-bond acceptors (Lipinski definition) is 3. The molecule has 2 aliphatic rings. The summed E-state index contributed by atoms with van der Waals surface area (Å²) in [6.07, 6.45) is 3.98. The molecule has 0 radical (unpaired) electrons. The summed E-state index contributed by atoms with van der Waals surface area (Å²) in [5.41, 5.74) is 2.71. The SMILES string of the molecule is CC(C)=C(C)C1OC1N[C@@H]1CC[C@@H](C)[C@H](CO)C1. The molecule has 18 heavy (non-hydrogen) atoms. The number of rotatable bonds is 4. The van der Waals surface area contributed by atoms with Gasteiger partial charge < -0.3 is 9.84 Å². The van der Waals surface area contributed by atoms with E-state index < -0.39 is 0 Å². The number of hydrogen-bond donors (Lipinski definition) is 2. The monoisotopic (exact) mass is 253 g/mol. The number of epoxide rings is 1. The quantitative estimate of drug-likeness (QED) is 0.597. The Balaban J connectivity index is 1.81. The van der Waals surface area contributed by atoms with Crippen molar-refractivity contribution in [3.05, 3.63) is 11.1 Å². The summed E-state index contributed by atoms with van der Waals surface area (Å²) < 4.78 is 5.71. The average Bonchev–Trinajstić information content (AvgIpc) is 3.09. The highest BCUT2D eigenvalue weighted by molar-refractivity contribution is 5.19. The third-order valence-electron chi connectivity index (χ3n) is 4.70. The van der Waals surface area contributed by atoms with Gasteiger partial charge in [0.15, 0.2) is 0 Å². The van der Waals surface area contributed by atoms with Gasteiger partial charge in [-0.3, -0.25) is 5.32 Å². The lowest BCUT2D eigenvalue weighted by Crippen LogP contribution is -2.40. The van der Waals surface area contributed by atoms with Gasteiger partial charge in [-0.05, 0) is 57.4 Å². The molecule has 2 N–H and O–H groups in total. The smallest absolute Gasteiger partial charge is 0.139 e. The normalized spacial score (nSPS) is 39.5. The van der Waals surface area contributed by atoms with Gasteiger partial charge in [-0.15, -0.1) is 0 Å². The maximum atomic E-state index is 9.38. The van der Waals surface area contributed by atoms with Crippen LogP contribution in [0.15, 0.2) is 11.1 Å². The zero-order chi connectivity index (χ0) is 13.3. The highest BCUT2D eigenvalue weighted by Gasteiger charge is 2.42. The Hall–Kier alpha value is -0.380. The van der Waals surface area contributed by atoms with E-state index in [1.165, 1.54) is 24.0 Å². The van der Waals surface area contributed by atoms with E-state index in [-0.39, 0.29) is 12.3 Å². The Morgan fingerprint density at radius 3 is 2.61 bits per heavy atom. The molecule has 1 aliphatic heterocycles. The molecule has 0 spiro atoms. The fourth-order valence-corrected chi connectivity index (χ4v) is 2.91. The Bertz CT molecular complexity index is 322. The van der Waals surface area contributed by atoms with E-state index in [1.54, 1.807) is 0 Å². The van der Waals surface area contributed by atoms with E-state index in [4.69, 9.17) is 4.74 Å². The van der Waals surface area contributed by atoms with Crippen LogP contribution in [0.5, 0.6) is 0 Å². The van der Waals surface area contributed by atoms with Crippen LogP contribution >= 0.6 is 0 Å². The summed E-state index contributed by atoms with van der Waals surface area (Å²) in [5, 5.41) is 13.0. The Morgan fingerprint density at radius 2 is 2.00 bits per heavy atom. The molecule has 2 fully saturated rings. The van der Waals surface area contributed by atoms with E-state index >= 15 is 0 Å². The van der Waals surface area contributed by atoms with Crippen molar-refractivity contribution in [2.75, 3.05) is 6.61 Å². The van der Waals surface area contributed by atoms with Crippen molar-refractivity contribution in [1.29, 1.82) is 0 Å². The summed E-state index contributed by atoms with van der Waals surface area (Å²) in [4.78, 5) is 0. The molecular weight excluding hydrogens is 226 g/mol. The van der Waals surface area contributed by atoms with Gasteiger partial charge in [-0.1, -0.05) is 12.5 Å². The maximum absolute atomic E-state index is 9.38. The van der Waals surface area contributed by atoms with E-state index in [2.05, 4.69) is 33.0 Å². The van der Waals surface area contributed by atoms with Gasteiger partial charge in [0.05, 0.1) is 0 Å². The first kappa shape index (κ1) is 14.0. The standard InChI is InChI=1S/C15H27NO2/c1-9(2)11(4)14-15(18-14)16-13-6-5-10(3)12(7-13)8-17/h10,12-17H,5-8H2,1-4H3/t10-,12+,13-,14?,15?/m1/s1. The van der Waals surface area contributed by atoms with Crippen LogP contribution in [-0.4, -0.2) is 30.1 Å². The van der Waals surface area contributed by atoms with Crippen molar-refractivity contribution in [1.82, 2.24) is 5.32 Å². The van der Waals surface area contributed by atoms with E-state index in [9.17, 15) is 5.11 Å². The zero-order valence-corrected chi connectivity index (χ0v) is 12.1. The lowest BCUT2D eigenvalue weighted by atomic mass is 9.78. The number of aliphatic hydroxyl groups excluding tert-OH is 1. The maximum Gasteiger partial charge on any atom is 0.139 e. The Labute approximate surface area is 111 Å². The van der Waals surface area contributed by atoms with Crippen molar-refractivity contribution in [3.8, 4) is 0 Å². The summed E-state index contributed by atoms with van der Waals surface area (Å²) in [6.45, 7) is 9.00. The molecule has 0 aromatic carbocycles. The van der Waals surface area contributed by atoms with Crippen LogP contribution in [0.25, 0.3) is 0 Å². The van der Waals surface area contributed by atoms with Crippen LogP contribution in [0.3, 0.4) is 0 Å². The van der Waals surface area contributed by atoms with Crippen molar-refractivity contribution in [2.24, 2.45) is 11.8 Å². The summed E-state index contributed by atoms with van der Waals surface area (Å²) >= 11 is 0. The van der Waals surface area contributed by atoms with Crippen LogP contribution in [0.4, 0.5) is 0 Å². The fourth-order valence-electron chi connectivity index (χ4n) is 2.91. The molecule has 2 unspecified atom stereocenters. The minimum atomic E-state index is 0.206. The van der Waals surface area contributed by atoms with Crippen LogP contribution in [0.2, 0.25) is 0 Å². The molecule has 0 aromatic rings. The number of nitrogens with one attached hydrogen (secondary N) is 1. The second kappa shape index (κ2) is 5.72. The van der Waals surface area contributed by atoms with Gasteiger partial charge in [0.2, 0.25) is 0 Å². The highest BCUT2D eigenvalue weighted by atomic mass is 16.6. The molecule has 2 rings (SSSR count). The molecule has 3 heteroatoms. The summed E-state index contributed by atoms with van der Waals surface area (Å²) in [5.74, 6) is 1.11. The molecular formula is C15H27NO2. The van der Waals surface area contributed by atoms with Gasteiger partial charge in [-0.2, -0.15) is 0 Å². The van der Waals surface area contributed by atoms with Crippen molar-refractivity contribution >= 4 is 0 Å². The average molecular weight is 253 g/mol. The first-order chi connectivity index (χ1) is 8.52. The zero-order valence-electron chi connectivity index (χ0n) is 12.1. The molecule has 3 nitrogen and oxygen atoms in total. The number of aliphatic hydroxyl groups is 1. The lowest BCUT2D eigenvalue weighted by molar-refractivity contribution is 0.120. The molecule has 104 valence electrons. The van der Waals surface area contributed by atoms with Crippen LogP contribution in [0, 0.1) is 11.8 Å². The van der Waals surface area contributed by atoms with E-state index in [1.807, 2.05) is 0 Å². The van der Waals surface area contributed by atoms with Gasteiger partial charge >= 0.3 is 0 Å². The summed E-state index contributed by atoms with van der Waals surface area (Å²) in [7, 11) is 0. The second-order valence-corrected chi connectivity index (χ2v) is 6.26. The molecule has 1 heterocycles. The molecule has 0 bridgehead atoms. The minimum Gasteiger partial charge on any atom is -0.396 e. The first-order valence-corrected chi connectivity index (χ1v) is 7.19. The van der Waals surface area contributed by atoms with Crippen molar-refractivity contribution in [3.63, 3.8) is 0 Å². The Kier molecular flexibility index (Phi) is 4.46. The van der Waals surface area contributed by atoms with Gasteiger partial charge in [0, 0.05) is 12.6 Å². The molecule has 1 saturated heterocycles. The lowest BCUT2D eigenvalue weighted by Gasteiger charge is -2.33. The molecule has 1 saturated carbocycles. The molecule has 5 atom stereocenters. The van der Waals surface area contributed by atoms with E-state index in [0.29, 0.717) is 24.5 Å². The predicted octanol–water partition coefficient (Wildman–Crippen LogP) is 2.45. The number of ether oxygens (including phenoxy) is 1. The second-order valence-electron chi connectivity index (χ2n) is 6.26. The molecule has 0 aromatic heterocycles. The number of allylic oxidation sites excluding steroid dienone is 1. The van der Waals surface area contributed by atoms with Crippen LogP contribution in [0.1, 0.15) is 47.0 Å². The van der Waals surface area contributed by atoms with Crippen LogP contribution < -0.4 is 5.32 Å². The van der Waals surface area contributed by atoms with Crippen LogP contribution in [-0.2, 0) is 4.74 Å². The fraction of sp³-hybridized carbons (Fsp3) is 0.867. The minimum absolute atomic E-state index is 0.206. The molecule has 0 amide bonds. The molecule has 1 aliphatic carbocycles. The largest absolute Gasteiger partial charge is 0.396 e. The highest BCUT2D eigenvalue weighted by Crippen LogP contribution is 2.33. The Morgan fingerprint density at radius 1 is 1.28 bits per heavy atom.